The first-order chi connectivity index (χ1) is 15.1. The Kier molecular flexibility index (Phi) is 5.26. The highest BCUT2D eigenvalue weighted by Gasteiger charge is 2.32. The van der Waals surface area contributed by atoms with E-state index in [2.05, 4.69) is 72.3 Å². The van der Waals surface area contributed by atoms with Crippen LogP contribution in [-0.2, 0) is 0 Å². The average Bonchev–Trinajstić information content (AvgIpc) is 3.09. The lowest BCUT2D eigenvalue weighted by Gasteiger charge is -2.38. The zero-order valence-electron chi connectivity index (χ0n) is 18.2. The van der Waals surface area contributed by atoms with E-state index in [9.17, 15) is 5.21 Å². The molecular formula is C27H29N3O. The molecule has 1 aliphatic heterocycles. The summed E-state index contributed by atoms with van der Waals surface area (Å²) >= 11 is 0. The molecule has 1 fully saturated rings. The first kappa shape index (κ1) is 19.9. The molecule has 3 aromatic carbocycles. The number of nitrogens with zero attached hydrogens (tertiary/aromatic N) is 3. The minimum Gasteiger partial charge on any atom is -0.428 e. The number of fused-ring (bicyclic) bond motifs is 1. The molecule has 0 spiro atoms. The average molecular weight is 412 g/mol. The van der Waals surface area contributed by atoms with Gasteiger partial charge in [-0.25, -0.2) is 0 Å². The molecule has 0 bridgehead atoms. The van der Waals surface area contributed by atoms with E-state index in [0.29, 0.717) is 0 Å². The molecule has 0 amide bonds. The number of hydrogen-bond acceptors (Lipinski definition) is 3. The Labute approximate surface area is 183 Å². The van der Waals surface area contributed by atoms with Gasteiger partial charge in [0.25, 0.3) is 0 Å². The van der Waals surface area contributed by atoms with Gasteiger partial charge in [0.05, 0.1) is 17.3 Å². The van der Waals surface area contributed by atoms with Gasteiger partial charge in [0.15, 0.2) is 0 Å². The fourth-order valence-corrected chi connectivity index (χ4v) is 4.79. The summed E-state index contributed by atoms with van der Waals surface area (Å²) in [6, 6.07) is 27.4. The monoisotopic (exact) mass is 411 g/mol. The third kappa shape index (κ3) is 3.62. The van der Waals surface area contributed by atoms with Crippen LogP contribution in [0.4, 0.5) is 0 Å². The number of para-hydroxylation sites is 1. The third-order valence-electron chi connectivity index (χ3n) is 6.51. The van der Waals surface area contributed by atoms with E-state index < -0.39 is 0 Å². The molecule has 5 rings (SSSR count). The minimum absolute atomic E-state index is 0.0720. The van der Waals surface area contributed by atoms with Crippen molar-refractivity contribution in [2.24, 2.45) is 0 Å². The highest BCUT2D eigenvalue weighted by atomic mass is 16.5. The highest BCUT2D eigenvalue weighted by Crippen LogP contribution is 2.42. The summed E-state index contributed by atoms with van der Waals surface area (Å²) < 4.78 is 1.39. The zero-order valence-corrected chi connectivity index (χ0v) is 18.2. The van der Waals surface area contributed by atoms with Crippen LogP contribution in [0.15, 0.2) is 78.9 Å². The van der Waals surface area contributed by atoms with Gasteiger partial charge in [0.1, 0.15) is 0 Å². The van der Waals surface area contributed by atoms with Gasteiger partial charge in [-0.05, 0) is 25.6 Å². The van der Waals surface area contributed by atoms with E-state index >= 15 is 0 Å². The lowest BCUT2D eigenvalue weighted by molar-refractivity contribution is 0.127. The number of aromatic nitrogens is 1. The molecule has 0 radical (unpaired) electrons. The van der Waals surface area contributed by atoms with Gasteiger partial charge in [0, 0.05) is 42.7 Å². The van der Waals surface area contributed by atoms with E-state index in [1.54, 1.807) is 0 Å². The van der Waals surface area contributed by atoms with Crippen LogP contribution in [0.2, 0.25) is 0 Å². The van der Waals surface area contributed by atoms with Crippen LogP contribution in [0, 0.1) is 6.92 Å². The number of aryl methyl sites for hydroxylation is 1. The van der Waals surface area contributed by atoms with Crippen LogP contribution < -0.4 is 0 Å². The summed E-state index contributed by atoms with van der Waals surface area (Å²) in [5.41, 5.74) is 6.46. The van der Waals surface area contributed by atoms with Crippen LogP contribution in [0.25, 0.3) is 22.2 Å². The molecule has 1 aliphatic rings. The van der Waals surface area contributed by atoms with Crippen molar-refractivity contribution in [3.63, 3.8) is 0 Å². The Morgan fingerprint density at radius 3 is 2.13 bits per heavy atom. The minimum atomic E-state index is 0.0720. The summed E-state index contributed by atoms with van der Waals surface area (Å²) in [5.74, 6) is 0. The summed E-state index contributed by atoms with van der Waals surface area (Å²) in [6.45, 7) is 6.20. The molecule has 1 atom stereocenters. The third-order valence-corrected chi connectivity index (χ3v) is 6.51. The normalized spacial score (nSPS) is 16.6. The van der Waals surface area contributed by atoms with Gasteiger partial charge < -0.3 is 10.1 Å². The molecule has 1 saturated heterocycles. The molecule has 0 aliphatic carbocycles. The Morgan fingerprint density at radius 2 is 1.42 bits per heavy atom. The number of rotatable bonds is 4. The second-order valence-corrected chi connectivity index (χ2v) is 8.61. The Balaban J connectivity index is 1.77. The topological polar surface area (TPSA) is 31.6 Å². The van der Waals surface area contributed by atoms with E-state index in [1.165, 1.54) is 21.4 Å². The van der Waals surface area contributed by atoms with E-state index in [0.717, 1.165) is 48.3 Å². The van der Waals surface area contributed by atoms with Crippen molar-refractivity contribution in [2.45, 2.75) is 13.0 Å². The number of piperazine rings is 1. The quantitative estimate of drug-likeness (QED) is 0.469. The van der Waals surface area contributed by atoms with E-state index in [4.69, 9.17) is 0 Å². The molecule has 2 heterocycles. The van der Waals surface area contributed by atoms with Crippen molar-refractivity contribution < 1.29 is 5.21 Å². The van der Waals surface area contributed by atoms with Crippen molar-refractivity contribution in [1.82, 2.24) is 14.5 Å². The summed E-state index contributed by atoms with van der Waals surface area (Å²) in [6.07, 6.45) is 0. The molecule has 4 nitrogen and oxygen atoms in total. The molecule has 1 N–H and O–H groups in total. The van der Waals surface area contributed by atoms with Crippen molar-refractivity contribution in [1.29, 1.82) is 0 Å². The predicted molar refractivity (Wildman–Crippen MR) is 127 cm³/mol. The fraction of sp³-hybridized carbons (Fsp3) is 0.259. The summed E-state index contributed by atoms with van der Waals surface area (Å²) in [4.78, 5) is 4.95. The molecule has 158 valence electrons. The maximum Gasteiger partial charge on any atom is 0.0930 e. The summed E-state index contributed by atoms with van der Waals surface area (Å²) in [5, 5.41) is 12.4. The molecule has 1 aromatic heterocycles. The Morgan fingerprint density at radius 1 is 0.774 bits per heavy atom. The molecule has 4 aromatic rings. The number of hydrogen-bond donors (Lipinski definition) is 1. The van der Waals surface area contributed by atoms with Gasteiger partial charge in [-0.1, -0.05) is 78.4 Å². The largest absolute Gasteiger partial charge is 0.428 e. The van der Waals surface area contributed by atoms with Crippen molar-refractivity contribution in [2.75, 3.05) is 33.2 Å². The van der Waals surface area contributed by atoms with E-state index in [1.807, 2.05) is 30.3 Å². The smallest absolute Gasteiger partial charge is 0.0930 e. The Hall–Kier alpha value is -3.08. The highest BCUT2D eigenvalue weighted by molar-refractivity contribution is 5.92. The summed E-state index contributed by atoms with van der Waals surface area (Å²) in [7, 11) is 2.19. The van der Waals surface area contributed by atoms with Crippen molar-refractivity contribution in [3.05, 3.63) is 95.6 Å². The molecule has 0 saturated carbocycles. The fourth-order valence-electron chi connectivity index (χ4n) is 4.79. The lowest BCUT2D eigenvalue weighted by Crippen LogP contribution is -2.46. The van der Waals surface area contributed by atoms with Crippen molar-refractivity contribution >= 4 is 10.9 Å². The molecule has 31 heavy (non-hydrogen) atoms. The molecular weight excluding hydrogens is 382 g/mol. The molecule has 1 unspecified atom stereocenters. The standard InChI is InChI=1S/C27H29N3O/c1-20-12-14-22(15-13-20)26(29-18-16-28(2)17-19-29)25-23-10-6-7-11-24(23)30(31)27(25)21-8-4-3-5-9-21/h3-15,26,31H,16-19H2,1-2H3. The maximum absolute atomic E-state index is 11.3. The number of benzene rings is 3. The number of likely N-dealkylation sites (N-methyl/N-ethyl adjacent to an activating group) is 1. The maximum atomic E-state index is 11.3. The van der Waals surface area contributed by atoms with E-state index in [-0.39, 0.29) is 6.04 Å². The van der Waals surface area contributed by atoms with Crippen LogP contribution in [0.5, 0.6) is 0 Å². The van der Waals surface area contributed by atoms with Gasteiger partial charge >= 0.3 is 0 Å². The van der Waals surface area contributed by atoms with Gasteiger partial charge in [-0.3, -0.25) is 4.90 Å². The molecule has 4 heteroatoms. The van der Waals surface area contributed by atoms with Crippen LogP contribution in [-0.4, -0.2) is 53.0 Å². The Bertz CT molecular complexity index is 1170. The van der Waals surface area contributed by atoms with Crippen LogP contribution in [0.3, 0.4) is 0 Å². The first-order valence-corrected chi connectivity index (χ1v) is 11.0. The van der Waals surface area contributed by atoms with Crippen molar-refractivity contribution in [3.8, 4) is 11.3 Å². The lowest BCUT2D eigenvalue weighted by atomic mass is 9.91. The van der Waals surface area contributed by atoms with Gasteiger partial charge in [-0.2, -0.15) is 4.73 Å². The second kappa shape index (κ2) is 8.22. The second-order valence-electron chi connectivity index (χ2n) is 8.61. The zero-order chi connectivity index (χ0) is 21.4. The SMILES string of the molecule is Cc1ccc(C(c2c(-c3ccccc3)n(O)c3ccccc23)N2CCN(C)CC2)cc1. The predicted octanol–water partition coefficient (Wildman–Crippen LogP) is 5.19. The van der Waals surface area contributed by atoms with Gasteiger partial charge in [0.2, 0.25) is 0 Å². The van der Waals surface area contributed by atoms with Crippen LogP contribution in [0.1, 0.15) is 22.7 Å². The first-order valence-electron chi connectivity index (χ1n) is 11.0. The van der Waals surface area contributed by atoms with Gasteiger partial charge in [-0.15, -0.1) is 0 Å². The van der Waals surface area contributed by atoms with Crippen LogP contribution >= 0.6 is 0 Å².